The van der Waals surface area contributed by atoms with Crippen LogP contribution in [0.5, 0.6) is 0 Å². The Bertz CT molecular complexity index is 1240. The molecule has 0 amide bonds. The Hall–Kier alpha value is -2.55. The molecule has 162 valence electrons. The number of pyridine rings is 1. The predicted molar refractivity (Wildman–Crippen MR) is 117 cm³/mol. The first-order valence-corrected chi connectivity index (χ1v) is 12.3. The zero-order valence-electron chi connectivity index (χ0n) is 17.4. The Morgan fingerprint density at radius 3 is 2.35 bits per heavy atom. The van der Waals surface area contributed by atoms with Crippen LogP contribution in [0, 0.1) is 5.92 Å². The lowest BCUT2D eigenvalue weighted by atomic mass is 10.2. The Balaban J connectivity index is 1.33. The monoisotopic (exact) mass is 439 g/mol. The summed E-state index contributed by atoms with van der Waals surface area (Å²) in [5.41, 5.74) is 1.67. The van der Waals surface area contributed by atoms with Crippen LogP contribution in [0.3, 0.4) is 0 Å². The molecule has 8 heteroatoms. The summed E-state index contributed by atoms with van der Waals surface area (Å²) in [4.78, 5) is 15.6. The average Bonchev–Trinajstić information content (AvgIpc) is 3.62. The summed E-state index contributed by atoms with van der Waals surface area (Å²) in [5.74, 6) is 0.700. The van der Waals surface area contributed by atoms with E-state index in [4.69, 9.17) is 0 Å². The van der Waals surface area contributed by atoms with Crippen LogP contribution >= 0.6 is 0 Å². The molecule has 2 aliphatic rings. The van der Waals surface area contributed by atoms with Crippen LogP contribution in [0.25, 0.3) is 5.65 Å². The second-order valence-corrected chi connectivity index (χ2v) is 10.4. The molecular weight excluding hydrogens is 412 g/mol. The topological polar surface area (TPSA) is 66.0 Å². The van der Waals surface area contributed by atoms with E-state index >= 15 is 0 Å². The third-order valence-corrected chi connectivity index (χ3v) is 8.11. The summed E-state index contributed by atoms with van der Waals surface area (Å²) in [6.45, 7) is 3.52. The molecule has 1 aliphatic heterocycles. The lowest BCUT2D eigenvalue weighted by molar-refractivity contribution is -0.678. The van der Waals surface area contributed by atoms with Crippen LogP contribution in [0.15, 0.2) is 70.6 Å². The van der Waals surface area contributed by atoms with E-state index in [-0.39, 0.29) is 5.56 Å². The summed E-state index contributed by atoms with van der Waals surface area (Å²) < 4.78 is 31.2. The van der Waals surface area contributed by atoms with E-state index in [0.29, 0.717) is 43.5 Å². The zero-order valence-corrected chi connectivity index (χ0v) is 18.2. The first kappa shape index (κ1) is 20.4. The van der Waals surface area contributed by atoms with Gasteiger partial charge in [-0.1, -0.05) is 24.3 Å². The quantitative estimate of drug-likeness (QED) is 0.546. The molecule has 0 spiro atoms. The minimum Gasteiger partial charge on any atom is -0.296 e. The largest absolute Gasteiger partial charge is 0.346 e. The third-order valence-electron chi connectivity index (χ3n) is 6.20. The number of hydrogen-bond donors (Lipinski definition) is 0. The summed E-state index contributed by atoms with van der Waals surface area (Å²) in [5, 5.41) is 0. The lowest BCUT2D eigenvalue weighted by Gasteiger charge is -2.33. The molecule has 7 nitrogen and oxygen atoms in total. The van der Waals surface area contributed by atoms with Crippen molar-refractivity contribution in [1.29, 1.82) is 0 Å². The lowest BCUT2D eigenvalue weighted by Crippen LogP contribution is -2.49. The van der Waals surface area contributed by atoms with Crippen molar-refractivity contribution >= 4 is 15.7 Å². The van der Waals surface area contributed by atoms with E-state index < -0.39 is 10.0 Å². The maximum atomic E-state index is 13.1. The molecule has 2 fully saturated rings. The molecule has 0 N–H and O–H groups in total. The van der Waals surface area contributed by atoms with Gasteiger partial charge in [0.2, 0.25) is 10.0 Å². The van der Waals surface area contributed by atoms with Crippen LogP contribution in [0.4, 0.5) is 0 Å². The van der Waals surface area contributed by atoms with Crippen molar-refractivity contribution in [2.24, 2.45) is 5.92 Å². The molecule has 1 aromatic carbocycles. The van der Waals surface area contributed by atoms with Gasteiger partial charge < -0.3 is 0 Å². The fourth-order valence-corrected chi connectivity index (χ4v) is 5.69. The predicted octanol–water partition coefficient (Wildman–Crippen LogP) is 1.50. The molecule has 0 unspecified atom stereocenters. The van der Waals surface area contributed by atoms with Gasteiger partial charge in [0.25, 0.3) is 5.65 Å². The number of sulfonamides is 1. The number of benzene rings is 1. The van der Waals surface area contributed by atoms with E-state index in [2.05, 4.69) is 9.47 Å². The number of nitrogens with zero attached hydrogens (tertiary/aromatic N) is 4. The van der Waals surface area contributed by atoms with Crippen LogP contribution in [0.1, 0.15) is 18.4 Å². The number of rotatable bonds is 6. The maximum absolute atomic E-state index is 13.1. The van der Waals surface area contributed by atoms with Crippen molar-refractivity contribution in [2.45, 2.75) is 30.8 Å². The number of piperazine rings is 1. The standard InChI is InChI=1S/C23H27N4O3S/c28-23-20(18-25(16-19-9-10-19)22-8-4-5-11-27(22)23)17-24-12-14-26(15-13-24)31(29,30)21-6-2-1-3-7-21/h1-8,11,18-19H,9-10,12-17H2/q+1. The summed E-state index contributed by atoms with van der Waals surface area (Å²) in [6.07, 6.45) is 6.33. The van der Waals surface area contributed by atoms with Crippen LogP contribution < -0.4 is 10.1 Å². The van der Waals surface area contributed by atoms with Crippen molar-refractivity contribution in [3.05, 3.63) is 76.8 Å². The normalized spacial score (nSPS) is 18.5. The molecule has 3 heterocycles. The second kappa shape index (κ2) is 8.18. The van der Waals surface area contributed by atoms with Gasteiger partial charge in [-0.3, -0.25) is 4.90 Å². The van der Waals surface area contributed by atoms with Crippen molar-refractivity contribution in [3.63, 3.8) is 0 Å². The van der Waals surface area contributed by atoms with Gasteiger partial charge in [0.15, 0.2) is 0 Å². The van der Waals surface area contributed by atoms with Gasteiger partial charge in [0.1, 0.15) is 6.20 Å². The first-order valence-electron chi connectivity index (χ1n) is 10.8. The summed E-state index contributed by atoms with van der Waals surface area (Å²) >= 11 is 0. The van der Waals surface area contributed by atoms with E-state index in [1.54, 1.807) is 33.0 Å². The molecule has 0 atom stereocenters. The highest BCUT2D eigenvalue weighted by atomic mass is 32.2. The number of hydrogen-bond acceptors (Lipinski definition) is 4. The van der Waals surface area contributed by atoms with Gasteiger partial charge in [0, 0.05) is 38.8 Å². The highest BCUT2D eigenvalue weighted by Crippen LogP contribution is 2.29. The fraction of sp³-hybridized carbons (Fsp3) is 0.391. The van der Waals surface area contributed by atoms with Crippen LogP contribution in [-0.4, -0.2) is 48.2 Å². The highest BCUT2D eigenvalue weighted by molar-refractivity contribution is 7.89. The Labute approximate surface area is 182 Å². The maximum Gasteiger partial charge on any atom is 0.346 e. The minimum absolute atomic E-state index is 0.00184. The van der Waals surface area contributed by atoms with Crippen LogP contribution in [-0.2, 0) is 23.1 Å². The molecule has 2 aromatic heterocycles. The van der Waals surface area contributed by atoms with Gasteiger partial charge in [-0.2, -0.15) is 8.71 Å². The van der Waals surface area contributed by atoms with Gasteiger partial charge in [-0.15, -0.1) is 0 Å². The number of aromatic nitrogens is 2. The van der Waals surface area contributed by atoms with Crippen molar-refractivity contribution in [1.82, 2.24) is 13.6 Å². The first-order chi connectivity index (χ1) is 15.0. The SMILES string of the molecule is O=c1c(CN2CCN(S(=O)(=O)c3ccccc3)CC2)c[n+](CC2CC2)c2ccccn12. The van der Waals surface area contributed by atoms with Crippen molar-refractivity contribution in [3.8, 4) is 0 Å². The smallest absolute Gasteiger partial charge is 0.296 e. The number of fused-ring (bicyclic) bond motifs is 1. The van der Waals surface area contributed by atoms with E-state index in [9.17, 15) is 13.2 Å². The summed E-state index contributed by atoms with van der Waals surface area (Å²) in [6, 6.07) is 14.4. The van der Waals surface area contributed by atoms with Gasteiger partial charge >= 0.3 is 5.56 Å². The molecule has 3 aromatic rings. The van der Waals surface area contributed by atoms with Gasteiger partial charge in [-0.05, 0) is 37.0 Å². The molecular formula is C23H27N4O3S+. The molecule has 5 rings (SSSR count). The highest BCUT2D eigenvalue weighted by Gasteiger charge is 2.30. The van der Waals surface area contributed by atoms with Crippen molar-refractivity contribution in [2.75, 3.05) is 26.2 Å². The van der Waals surface area contributed by atoms with Crippen molar-refractivity contribution < 1.29 is 13.0 Å². The molecule has 0 bridgehead atoms. The summed E-state index contributed by atoms with van der Waals surface area (Å²) in [7, 11) is -3.47. The van der Waals surface area contributed by atoms with Gasteiger partial charge in [0.05, 0.1) is 23.2 Å². The molecule has 1 aliphatic carbocycles. The Kier molecular flexibility index (Phi) is 5.37. The van der Waals surface area contributed by atoms with Gasteiger partial charge in [-0.25, -0.2) is 17.8 Å². The van der Waals surface area contributed by atoms with E-state index in [1.807, 2.05) is 36.7 Å². The average molecular weight is 440 g/mol. The Morgan fingerprint density at radius 1 is 0.935 bits per heavy atom. The zero-order chi connectivity index (χ0) is 21.4. The molecule has 1 saturated heterocycles. The van der Waals surface area contributed by atoms with E-state index in [1.165, 1.54) is 12.8 Å². The fourth-order valence-electron chi connectivity index (χ4n) is 4.25. The van der Waals surface area contributed by atoms with Crippen LogP contribution in [0.2, 0.25) is 0 Å². The second-order valence-electron chi connectivity index (χ2n) is 8.48. The molecule has 0 radical (unpaired) electrons. The molecule has 31 heavy (non-hydrogen) atoms. The molecule has 1 saturated carbocycles. The Morgan fingerprint density at radius 2 is 1.65 bits per heavy atom. The third kappa shape index (κ3) is 4.15. The minimum atomic E-state index is -3.47. The van der Waals surface area contributed by atoms with E-state index in [0.717, 1.165) is 17.8 Å².